The van der Waals surface area contributed by atoms with Gasteiger partial charge in [-0.2, -0.15) is 0 Å². The summed E-state index contributed by atoms with van der Waals surface area (Å²) in [6.07, 6.45) is 3.99. The van der Waals surface area contributed by atoms with Crippen LogP contribution < -0.4 is 11.1 Å². The van der Waals surface area contributed by atoms with Gasteiger partial charge in [0.05, 0.1) is 11.6 Å². The maximum Gasteiger partial charge on any atom is 0.237 e. The lowest BCUT2D eigenvalue weighted by Gasteiger charge is -2.36. The Morgan fingerprint density at radius 3 is 2.63 bits per heavy atom. The van der Waals surface area contributed by atoms with Gasteiger partial charge in [0.15, 0.2) is 0 Å². The van der Waals surface area contributed by atoms with Crippen LogP contribution in [0.3, 0.4) is 0 Å². The second kappa shape index (κ2) is 6.17. The van der Waals surface area contributed by atoms with Crippen LogP contribution in [0.2, 0.25) is 0 Å². The van der Waals surface area contributed by atoms with E-state index in [-0.39, 0.29) is 5.91 Å². The first-order valence-electron chi connectivity index (χ1n) is 6.89. The average molecular weight is 262 g/mol. The fraction of sp³-hybridized carbons (Fsp3) is 0.533. The molecule has 1 saturated carbocycles. The topological polar surface area (TPSA) is 75.4 Å². The van der Waals surface area contributed by atoms with Gasteiger partial charge in [0.1, 0.15) is 0 Å². The van der Waals surface area contributed by atoms with E-state index < -0.39 is 11.6 Å². The van der Waals surface area contributed by atoms with Crippen LogP contribution in [0, 0.1) is 0 Å². The molecule has 0 bridgehead atoms. The molecule has 1 aliphatic rings. The van der Waals surface area contributed by atoms with E-state index in [1.54, 1.807) is 0 Å². The third kappa shape index (κ3) is 4.04. The minimum absolute atomic E-state index is 0.170. The van der Waals surface area contributed by atoms with Crippen LogP contribution in [-0.2, 0) is 11.2 Å². The van der Waals surface area contributed by atoms with E-state index in [2.05, 4.69) is 5.32 Å². The van der Waals surface area contributed by atoms with Crippen LogP contribution in [0.1, 0.15) is 31.2 Å². The number of nitrogens with two attached hydrogens (primary N) is 1. The van der Waals surface area contributed by atoms with E-state index in [0.29, 0.717) is 13.0 Å². The monoisotopic (exact) mass is 262 g/mol. The Morgan fingerprint density at radius 2 is 2.05 bits per heavy atom. The lowest BCUT2D eigenvalue weighted by atomic mass is 9.80. The number of hydrogen-bond acceptors (Lipinski definition) is 3. The predicted molar refractivity (Wildman–Crippen MR) is 74.5 cm³/mol. The van der Waals surface area contributed by atoms with Crippen molar-refractivity contribution in [1.82, 2.24) is 5.32 Å². The zero-order chi connectivity index (χ0) is 13.7. The molecule has 0 aliphatic heterocycles. The zero-order valence-electron chi connectivity index (χ0n) is 11.1. The molecule has 1 fully saturated rings. The SMILES string of the molecule is N[C@@H](CCc1ccccc1)C(=O)NCC1(O)CCC1. The molecule has 1 aromatic rings. The summed E-state index contributed by atoms with van der Waals surface area (Å²) in [6.45, 7) is 0.324. The van der Waals surface area contributed by atoms with Gasteiger partial charge < -0.3 is 16.2 Å². The van der Waals surface area contributed by atoms with Crippen LogP contribution in [0.4, 0.5) is 0 Å². The van der Waals surface area contributed by atoms with E-state index >= 15 is 0 Å². The van der Waals surface area contributed by atoms with Crippen molar-refractivity contribution in [3.8, 4) is 0 Å². The van der Waals surface area contributed by atoms with Crippen LogP contribution in [-0.4, -0.2) is 29.2 Å². The molecule has 1 atom stereocenters. The number of benzene rings is 1. The van der Waals surface area contributed by atoms with Crippen LogP contribution >= 0.6 is 0 Å². The van der Waals surface area contributed by atoms with Crippen molar-refractivity contribution in [2.75, 3.05) is 6.54 Å². The lowest BCUT2D eigenvalue weighted by Crippen LogP contribution is -2.51. The van der Waals surface area contributed by atoms with Crippen molar-refractivity contribution in [2.45, 2.75) is 43.7 Å². The van der Waals surface area contributed by atoms with Gasteiger partial charge in [-0.05, 0) is 37.7 Å². The summed E-state index contributed by atoms with van der Waals surface area (Å²) in [5.41, 5.74) is 6.36. The number of carbonyl (C=O) groups is 1. The summed E-state index contributed by atoms with van der Waals surface area (Å²) < 4.78 is 0. The number of carbonyl (C=O) groups excluding carboxylic acids is 1. The van der Waals surface area contributed by atoms with Gasteiger partial charge in [0, 0.05) is 6.54 Å². The molecule has 1 aromatic carbocycles. The molecular formula is C15H22N2O2. The average Bonchev–Trinajstić information content (AvgIpc) is 2.41. The number of aryl methyl sites for hydroxylation is 1. The fourth-order valence-electron chi connectivity index (χ4n) is 2.24. The Kier molecular flexibility index (Phi) is 4.56. The van der Waals surface area contributed by atoms with E-state index in [4.69, 9.17) is 5.73 Å². The Bertz CT molecular complexity index is 415. The molecule has 1 aliphatic carbocycles. The minimum atomic E-state index is -0.686. The van der Waals surface area contributed by atoms with Gasteiger partial charge in [-0.25, -0.2) is 0 Å². The third-order valence-electron chi connectivity index (χ3n) is 3.80. The number of hydrogen-bond donors (Lipinski definition) is 3. The van der Waals surface area contributed by atoms with Gasteiger partial charge in [-0.3, -0.25) is 4.79 Å². The number of aliphatic hydroxyl groups is 1. The highest BCUT2D eigenvalue weighted by Gasteiger charge is 2.34. The van der Waals surface area contributed by atoms with Gasteiger partial charge in [0.2, 0.25) is 5.91 Å². The van der Waals surface area contributed by atoms with Crippen molar-refractivity contribution in [1.29, 1.82) is 0 Å². The van der Waals surface area contributed by atoms with E-state index in [1.165, 1.54) is 5.56 Å². The first kappa shape index (κ1) is 14.0. The lowest BCUT2D eigenvalue weighted by molar-refractivity contribution is -0.124. The molecule has 1 amide bonds. The molecule has 0 unspecified atom stereocenters. The summed E-state index contributed by atoms with van der Waals surface area (Å²) in [4.78, 5) is 11.8. The fourth-order valence-corrected chi connectivity index (χ4v) is 2.24. The molecule has 0 heterocycles. The van der Waals surface area contributed by atoms with Gasteiger partial charge in [-0.1, -0.05) is 30.3 Å². The van der Waals surface area contributed by atoms with Crippen molar-refractivity contribution >= 4 is 5.91 Å². The Balaban J connectivity index is 1.70. The van der Waals surface area contributed by atoms with Crippen molar-refractivity contribution in [2.24, 2.45) is 5.73 Å². The first-order valence-corrected chi connectivity index (χ1v) is 6.89. The Labute approximate surface area is 114 Å². The first-order chi connectivity index (χ1) is 9.09. The molecule has 0 spiro atoms. The van der Waals surface area contributed by atoms with E-state index in [9.17, 15) is 9.90 Å². The third-order valence-corrected chi connectivity index (χ3v) is 3.80. The van der Waals surface area contributed by atoms with Gasteiger partial charge >= 0.3 is 0 Å². The molecule has 0 saturated heterocycles. The molecule has 0 radical (unpaired) electrons. The molecular weight excluding hydrogens is 240 g/mol. The van der Waals surface area contributed by atoms with E-state index in [1.807, 2.05) is 30.3 Å². The summed E-state index contributed by atoms with van der Waals surface area (Å²) in [5.74, 6) is -0.170. The highest BCUT2D eigenvalue weighted by atomic mass is 16.3. The smallest absolute Gasteiger partial charge is 0.237 e. The molecule has 104 valence electrons. The van der Waals surface area contributed by atoms with Gasteiger partial charge in [-0.15, -0.1) is 0 Å². The second-order valence-electron chi connectivity index (χ2n) is 5.43. The molecule has 2 rings (SSSR count). The maximum absolute atomic E-state index is 11.8. The van der Waals surface area contributed by atoms with Crippen LogP contribution in [0.25, 0.3) is 0 Å². The highest BCUT2D eigenvalue weighted by Crippen LogP contribution is 2.30. The molecule has 4 N–H and O–H groups in total. The Morgan fingerprint density at radius 1 is 1.37 bits per heavy atom. The largest absolute Gasteiger partial charge is 0.388 e. The summed E-state index contributed by atoms with van der Waals surface area (Å²) in [6, 6.07) is 9.47. The van der Waals surface area contributed by atoms with Crippen molar-refractivity contribution in [3.05, 3.63) is 35.9 Å². The summed E-state index contributed by atoms with van der Waals surface area (Å²) in [5, 5.41) is 12.6. The normalized spacial score (nSPS) is 18.4. The predicted octanol–water partition coefficient (Wildman–Crippen LogP) is 0.978. The van der Waals surface area contributed by atoms with Crippen molar-refractivity contribution in [3.63, 3.8) is 0 Å². The maximum atomic E-state index is 11.8. The summed E-state index contributed by atoms with van der Waals surface area (Å²) >= 11 is 0. The Hall–Kier alpha value is -1.39. The zero-order valence-corrected chi connectivity index (χ0v) is 11.1. The quantitative estimate of drug-likeness (QED) is 0.715. The van der Waals surface area contributed by atoms with Crippen molar-refractivity contribution < 1.29 is 9.90 Å². The second-order valence-corrected chi connectivity index (χ2v) is 5.43. The molecule has 0 aromatic heterocycles. The number of amides is 1. The minimum Gasteiger partial charge on any atom is -0.388 e. The number of nitrogens with one attached hydrogen (secondary N) is 1. The molecule has 19 heavy (non-hydrogen) atoms. The van der Waals surface area contributed by atoms with Crippen LogP contribution in [0.5, 0.6) is 0 Å². The molecule has 4 nitrogen and oxygen atoms in total. The highest BCUT2D eigenvalue weighted by molar-refractivity contribution is 5.81. The standard InChI is InChI=1S/C15H22N2O2/c16-13(8-7-12-5-2-1-3-6-12)14(18)17-11-15(19)9-4-10-15/h1-3,5-6,13,19H,4,7-11,16H2,(H,17,18)/t13-/m0/s1. The summed E-state index contributed by atoms with van der Waals surface area (Å²) in [7, 11) is 0. The van der Waals surface area contributed by atoms with Crippen LogP contribution in [0.15, 0.2) is 30.3 Å². The number of rotatable bonds is 6. The van der Waals surface area contributed by atoms with Gasteiger partial charge in [0.25, 0.3) is 0 Å². The van der Waals surface area contributed by atoms with E-state index in [0.717, 1.165) is 25.7 Å². The molecule has 4 heteroatoms.